The summed E-state index contributed by atoms with van der Waals surface area (Å²) in [6, 6.07) is 7.88. The molecule has 0 saturated carbocycles. The lowest BCUT2D eigenvalue weighted by atomic mass is 10.1. The van der Waals surface area contributed by atoms with Crippen molar-refractivity contribution >= 4 is 22.3 Å². The molecule has 21 heavy (non-hydrogen) atoms. The molecule has 0 aliphatic carbocycles. The molecular formula is C15H17N5O. The first-order valence-corrected chi connectivity index (χ1v) is 6.71. The molecule has 108 valence electrons. The van der Waals surface area contributed by atoms with E-state index in [1.165, 1.54) is 0 Å². The molecule has 0 aliphatic heterocycles. The van der Waals surface area contributed by atoms with E-state index in [9.17, 15) is 0 Å². The van der Waals surface area contributed by atoms with Crippen molar-refractivity contribution in [2.75, 3.05) is 24.7 Å². The van der Waals surface area contributed by atoms with Crippen molar-refractivity contribution in [1.29, 1.82) is 0 Å². The van der Waals surface area contributed by atoms with Gasteiger partial charge in [-0.2, -0.15) is 5.10 Å². The van der Waals surface area contributed by atoms with Gasteiger partial charge in [-0.15, -0.1) is 0 Å². The normalized spacial score (nSPS) is 10.7. The molecular weight excluding hydrogens is 266 g/mol. The fourth-order valence-corrected chi connectivity index (χ4v) is 2.29. The fourth-order valence-electron chi connectivity index (χ4n) is 2.29. The SMILES string of the molecule is COc1cccc2c(NCCn3cc(N)cn3)nccc12. The number of methoxy groups -OCH3 is 1. The number of hydrogen-bond acceptors (Lipinski definition) is 5. The van der Waals surface area contributed by atoms with Crippen LogP contribution < -0.4 is 15.8 Å². The van der Waals surface area contributed by atoms with Gasteiger partial charge in [0.15, 0.2) is 0 Å². The van der Waals surface area contributed by atoms with Crippen LogP contribution in [0.1, 0.15) is 0 Å². The van der Waals surface area contributed by atoms with E-state index in [2.05, 4.69) is 15.4 Å². The maximum absolute atomic E-state index is 5.64. The van der Waals surface area contributed by atoms with Gasteiger partial charge in [-0.25, -0.2) is 4.98 Å². The van der Waals surface area contributed by atoms with Crippen LogP contribution in [0.15, 0.2) is 42.9 Å². The van der Waals surface area contributed by atoms with E-state index >= 15 is 0 Å². The molecule has 2 aromatic heterocycles. The van der Waals surface area contributed by atoms with Crippen molar-refractivity contribution in [1.82, 2.24) is 14.8 Å². The van der Waals surface area contributed by atoms with Crippen LogP contribution in [-0.2, 0) is 6.54 Å². The average Bonchev–Trinajstić information content (AvgIpc) is 2.92. The van der Waals surface area contributed by atoms with Crippen LogP contribution in [0, 0.1) is 0 Å². The van der Waals surface area contributed by atoms with Gasteiger partial charge in [-0.1, -0.05) is 12.1 Å². The van der Waals surface area contributed by atoms with Crippen molar-refractivity contribution in [2.24, 2.45) is 0 Å². The van der Waals surface area contributed by atoms with Gasteiger partial charge < -0.3 is 15.8 Å². The van der Waals surface area contributed by atoms with E-state index in [0.29, 0.717) is 12.2 Å². The van der Waals surface area contributed by atoms with Gasteiger partial charge in [0.2, 0.25) is 0 Å². The zero-order chi connectivity index (χ0) is 14.7. The maximum Gasteiger partial charge on any atom is 0.134 e. The van der Waals surface area contributed by atoms with Crippen LogP contribution in [0.4, 0.5) is 11.5 Å². The third kappa shape index (κ3) is 2.74. The Morgan fingerprint density at radius 1 is 1.29 bits per heavy atom. The summed E-state index contributed by atoms with van der Waals surface area (Å²) in [5.41, 5.74) is 6.31. The molecule has 0 unspecified atom stereocenters. The predicted octanol–water partition coefficient (Wildman–Crippen LogP) is 2.13. The first-order chi connectivity index (χ1) is 10.3. The number of pyridine rings is 1. The molecule has 3 rings (SSSR count). The Morgan fingerprint density at radius 3 is 2.95 bits per heavy atom. The van der Waals surface area contributed by atoms with E-state index in [1.54, 1.807) is 30.4 Å². The summed E-state index contributed by atoms with van der Waals surface area (Å²) < 4.78 is 7.18. The van der Waals surface area contributed by atoms with Crippen molar-refractivity contribution < 1.29 is 4.74 Å². The Bertz CT molecular complexity index is 753. The summed E-state index contributed by atoms with van der Waals surface area (Å²) in [6.45, 7) is 1.43. The quantitative estimate of drug-likeness (QED) is 0.750. The number of hydrogen-bond donors (Lipinski definition) is 2. The maximum atomic E-state index is 5.64. The number of benzene rings is 1. The zero-order valence-corrected chi connectivity index (χ0v) is 11.8. The summed E-state index contributed by atoms with van der Waals surface area (Å²) in [5.74, 6) is 1.68. The first-order valence-electron chi connectivity index (χ1n) is 6.71. The number of fused-ring (bicyclic) bond motifs is 1. The molecule has 3 aromatic rings. The molecule has 2 heterocycles. The summed E-state index contributed by atoms with van der Waals surface area (Å²) in [7, 11) is 1.67. The Balaban J connectivity index is 1.77. The molecule has 0 fully saturated rings. The minimum Gasteiger partial charge on any atom is -0.496 e. The number of anilines is 2. The van der Waals surface area contributed by atoms with Crippen molar-refractivity contribution in [2.45, 2.75) is 6.54 Å². The molecule has 6 nitrogen and oxygen atoms in total. The van der Waals surface area contributed by atoms with Crippen molar-refractivity contribution in [3.63, 3.8) is 0 Å². The molecule has 0 radical (unpaired) electrons. The summed E-state index contributed by atoms with van der Waals surface area (Å²) in [4.78, 5) is 4.40. The summed E-state index contributed by atoms with van der Waals surface area (Å²) in [6.07, 6.45) is 5.22. The Kier molecular flexibility index (Phi) is 3.59. The number of aromatic nitrogens is 3. The number of ether oxygens (including phenoxy) is 1. The van der Waals surface area contributed by atoms with Crippen LogP contribution >= 0.6 is 0 Å². The van der Waals surface area contributed by atoms with E-state index in [1.807, 2.05) is 24.3 Å². The van der Waals surface area contributed by atoms with E-state index in [0.717, 1.165) is 28.9 Å². The fraction of sp³-hybridized carbons (Fsp3) is 0.200. The van der Waals surface area contributed by atoms with E-state index < -0.39 is 0 Å². The van der Waals surface area contributed by atoms with Crippen molar-refractivity contribution in [3.8, 4) is 5.75 Å². The Morgan fingerprint density at radius 2 is 2.19 bits per heavy atom. The zero-order valence-electron chi connectivity index (χ0n) is 11.8. The number of nitrogens with zero attached hydrogens (tertiary/aromatic N) is 3. The van der Waals surface area contributed by atoms with Crippen molar-refractivity contribution in [3.05, 3.63) is 42.9 Å². The topological polar surface area (TPSA) is 78.0 Å². The lowest BCUT2D eigenvalue weighted by Crippen LogP contribution is -2.11. The molecule has 0 bridgehead atoms. The molecule has 0 aliphatic rings. The van der Waals surface area contributed by atoms with Gasteiger partial charge in [0.05, 0.1) is 25.5 Å². The molecule has 3 N–H and O–H groups in total. The first kappa shape index (κ1) is 13.2. The monoisotopic (exact) mass is 283 g/mol. The van der Waals surface area contributed by atoms with Gasteiger partial charge in [0.25, 0.3) is 0 Å². The van der Waals surface area contributed by atoms with Gasteiger partial charge in [0, 0.05) is 29.7 Å². The molecule has 0 atom stereocenters. The smallest absolute Gasteiger partial charge is 0.134 e. The number of nitrogens with two attached hydrogens (primary N) is 1. The Labute approximate surface area is 122 Å². The highest BCUT2D eigenvalue weighted by Gasteiger charge is 2.06. The lowest BCUT2D eigenvalue weighted by Gasteiger charge is -2.10. The predicted molar refractivity (Wildman–Crippen MR) is 83.4 cm³/mol. The van der Waals surface area contributed by atoms with Crippen LogP contribution in [0.25, 0.3) is 10.8 Å². The van der Waals surface area contributed by atoms with Gasteiger partial charge in [-0.05, 0) is 12.1 Å². The molecule has 1 aromatic carbocycles. The van der Waals surface area contributed by atoms with E-state index in [-0.39, 0.29) is 0 Å². The highest BCUT2D eigenvalue weighted by Crippen LogP contribution is 2.28. The third-order valence-electron chi connectivity index (χ3n) is 3.27. The van der Waals surface area contributed by atoms with Crippen LogP contribution in [0.3, 0.4) is 0 Å². The standard InChI is InChI=1S/C15H17N5O/c1-21-14-4-2-3-13-12(14)5-6-17-15(13)18-7-8-20-10-11(16)9-19-20/h2-6,9-10H,7-8,16H2,1H3,(H,17,18). The lowest BCUT2D eigenvalue weighted by molar-refractivity contribution is 0.420. The van der Waals surface area contributed by atoms with Gasteiger partial charge in [0.1, 0.15) is 11.6 Å². The Hall–Kier alpha value is -2.76. The largest absolute Gasteiger partial charge is 0.496 e. The van der Waals surface area contributed by atoms with Crippen LogP contribution in [0.2, 0.25) is 0 Å². The minimum absolute atomic E-state index is 0.669. The average molecular weight is 283 g/mol. The second-order valence-electron chi connectivity index (χ2n) is 4.68. The second kappa shape index (κ2) is 5.70. The number of rotatable bonds is 5. The summed E-state index contributed by atoms with van der Waals surface area (Å²) in [5, 5.41) is 9.56. The molecule has 6 heteroatoms. The third-order valence-corrected chi connectivity index (χ3v) is 3.27. The molecule has 0 spiro atoms. The van der Waals surface area contributed by atoms with E-state index in [4.69, 9.17) is 10.5 Å². The minimum atomic E-state index is 0.669. The second-order valence-corrected chi connectivity index (χ2v) is 4.68. The van der Waals surface area contributed by atoms with Gasteiger partial charge >= 0.3 is 0 Å². The summed E-state index contributed by atoms with van der Waals surface area (Å²) >= 11 is 0. The molecule has 0 saturated heterocycles. The highest BCUT2D eigenvalue weighted by atomic mass is 16.5. The number of nitrogen functional groups attached to an aromatic ring is 1. The van der Waals surface area contributed by atoms with Crippen LogP contribution in [-0.4, -0.2) is 28.4 Å². The highest BCUT2D eigenvalue weighted by molar-refractivity contribution is 5.95. The van der Waals surface area contributed by atoms with Crippen LogP contribution in [0.5, 0.6) is 5.75 Å². The van der Waals surface area contributed by atoms with Gasteiger partial charge in [-0.3, -0.25) is 4.68 Å². The molecule has 0 amide bonds. The number of nitrogens with one attached hydrogen (secondary N) is 1.